The highest BCUT2D eigenvalue weighted by Gasteiger charge is 2.39. The van der Waals surface area contributed by atoms with Crippen molar-refractivity contribution in [3.8, 4) is 0 Å². The standard InChI is InChI=1S/C10H18N2O2/c11-10(14)12-6-2-4-8(12)7-3-1-5-9(7)13/h7-9,13H,1-6H2,(H2,11,14). The van der Waals surface area contributed by atoms with Crippen LogP contribution >= 0.6 is 0 Å². The van der Waals surface area contributed by atoms with Crippen molar-refractivity contribution in [2.24, 2.45) is 11.7 Å². The number of nitrogens with two attached hydrogens (primary N) is 1. The van der Waals surface area contributed by atoms with Gasteiger partial charge in [0.15, 0.2) is 0 Å². The van der Waals surface area contributed by atoms with E-state index < -0.39 is 0 Å². The van der Waals surface area contributed by atoms with Crippen LogP contribution in [0.5, 0.6) is 0 Å². The molecule has 0 spiro atoms. The predicted octanol–water partition coefficient (Wildman–Crippen LogP) is 0.690. The van der Waals surface area contributed by atoms with Gasteiger partial charge in [-0.1, -0.05) is 6.42 Å². The number of carbonyl (C=O) groups is 1. The van der Waals surface area contributed by atoms with E-state index >= 15 is 0 Å². The van der Waals surface area contributed by atoms with Crippen LogP contribution in [0.15, 0.2) is 0 Å². The third-order valence-corrected chi connectivity index (χ3v) is 3.61. The number of urea groups is 1. The van der Waals surface area contributed by atoms with Crippen LogP contribution in [0.2, 0.25) is 0 Å². The molecule has 1 saturated heterocycles. The molecule has 0 bridgehead atoms. The molecule has 1 aliphatic carbocycles. The topological polar surface area (TPSA) is 66.6 Å². The van der Waals surface area contributed by atoms with Gasteiger partial charge in [0.1, 0.15) is 0 Å². The number of carbonyl (C=O) groups excluding carboxylic acids is 1. The molecule has 2 rings (SSSR count). The first-order chi connectivity index (χ1) is 6.70. The molecule has 4 nitrogen and oxygen atoms in total. The van der Waals surface area contributed by atoms with Crippen LogP contribution in [-0.2, 0) is 0 Å². The van der Waals surface area contributed by atoms with Gasteiger partial charge in [0.2, 0.25) is 0 Å². The zero-order valence-corrected chi connectivity index (χ0v) is 8.35. The summed E-state index contributed by atoms with van der Waals surface area (Å²) in [7, 11) is 0. The normalized spacial score (nSPS) is 37.8. The highest BCUT2D eigenvalue weighted by atomic mass is 16.3. The largest absolute Gasteiger partial charge is 0.393 e. The second-order valence-electron chi connectivity index (χ2n) is 4.40. The van der Waals surface area contributed by atoms with E-state index in [2.05, 4.69) is 0 Å². The zero-order valence-electron chi connectivity index (χ0n) is 8.35. The van der Waals surface area contributed by atoms with Crippen molar-refractivity contribution in [1.82, 2.24) is 4.90 Å². The fourth-order valence-electron chi connectivity index (χ4n) is 2.93. The average molecular weight is 198 g/mol. The number of nitrogens with zero attached hydrogens (tertiary/aromatic N) is 1. The van der Waals surface area contributed by atoms with Gasteiger partial charge >= 0.3 is 6.03 Å². The molecule has 14 heavy (non-hydrogen) atoms. The van der Waals surface area contributed by atoms with Gasteiger partial charge in [-0.05, 0) is 25.7 Å². The van der Waals surface area contributed by atoms with Crippen LogP contribution < -0.4 is 5.73 Å². The lowest BCUT2D eigenvalue weighted by molar-refractivity contribution is 0.0859. The number of aliphatic hydroxyl groups excluding tert-OH is 1. The lowest BCUT2D eigenvalue weighted by Crippen LogP contribution is -2.44. The SMILES string of the molecule is NC(=O)N1CCCC1C1CCCC1O. The molecule has 1 aliphatic heterocycles. The van der Waals surface area contributed by atoms with Gasteiger partial charge in [-0.25, -0.2) is 4.79 Å². The molecular formula is C10H18N2O2. The van der Waals surface area contributed by atoms with Gasteiger partial charge in [0.25, 0.3) is 0 Å². The second-order valence-corrected chi connectivity index (χ2v) is 4.40. The van der Waals surface area contributed by atoms with Crippen LogP contribution in [0.4, 0.5) is 4.79 Å². The maximum absolute atomic E-state index is 11.1. The van der Waals surface area contributed by atoms with Crippen molar-refractivity contribution < 1.29 is 9.90 Å². The quantitative estimate of drug-likeness (QED) is 0.651. The summed E-state index contributed by atoms with van der Waals surface area (Å²) >= 11 is 0. The molecule has 1 saturated carbocycles. The fraction of sp³-hybridized carbons (Fsp3) is 0.900. The van der Waals surface area contributed by atoms with Crippen molar-refractivity contribution >= 4 is 6.03 Å². The number of amides is 2. The second kappa shape index (κ2) is 3.77. The lowest BCUT2D eigenvalue weighted by atomic mass is 9.94. The van der Waals surface area contributed by atoms with E-state index in [0.717, 1.165) is 38.6 Å². The Balaban J connectivity index is 2.05. The molecule has 2 fully saturated rings. The number of hydrogen-bond acceptors (Lipinski definition) is 2. The molecule has 1 heterocycles. The van der Waals surface area contributed by atoms with Gasteiger partial charge in [0.05, 0.1) is 6.10 Å². The zero-order chi connectivity index (χ0) is 10.1. The third kappa shape index (κ3) is 1.59. The van der Waals surface area contributed by atoms with Gasteiger partial charge in [-0.15, -0.1) is 0 Å². The van der Waals surface area contributed by atoms with E-state index in [1.165, 1.54) is 0 Å². The van der Waals surface area contributed by atoms with Crippen molar-refractivity contribution in [2.45, 2.75) is 44.2 Å². The summed E-state index contributed by atoms with van der Waals surface area (Å²) in [6.07, 6.45) is 4.81. The van der Waals surface area contributed by atoms with Gasteiger partial charge in [-0.3, -0.25) is 0 Å². The number of likely N-dealkylation sites (tertiary alicyclic amines) is 1. The van der Waals surface area contributed by atoms with Gasteiger partial charge in [-0.2, -0.15) is 0 Å². The molecule has 4 heteroatoms. The Labute approximate surface area is 84.1 Å². The monoisotopic (exact) mass is 198 g/mol. The fourth-order valence-corrected chi connectivity index (χ4v) is 2.93. The van der Waals surface area contributed by atoms with E-state index in [4.69, 9.17) is 5.73 Å². The van der Waals surface area contributed by atoms with Crippen molar-refractivity contribution in [1.29, 1.82) is 0 Å². The molecule has 0 aromatic heterocycles. The van der Waals surface area contributed by atoms with Crippen molar-refractivity contribution in [2.75, 3.05) is 6.54 Å². The Morgan fingerprint density at radius 3 is 2.64 bits per heavy atom. The number of primary amides is 1. The minimum Gasteiger partial charge on any atom is -0.393 e. The molecule has 80 valence electrons. The van der Waals surface area contributed by atoms with E-state index in [1.54, 1.807) is 4.90 Å². The Kier molecular flexibility index (Phi) is 2.63. The smallest absolute Gasteiger partial charge is 0.315 e. The predicted molar refractivity (Wildman–Crippen MR) is 52.7 cm³/mol. The summed E-state index contributed by atoms with van der Waals surface area (Å²) in [6.45, 7) is 0.767. The Bertz CT molecular complexity index is 232. The van der Waals surface area contributed by atoms with Gasteiger partial charge < -0.3 is 15.7 Å². The van der Waals surface area contributed by atoms with E-state index in [0.29, 0.717) is 0 Å². The molecule has 0 aromatic carbocycles. The first-order valence-corrected chi connectivity index (χ1v) is 5.44. The van der Waals surface area contributed by atoms with E-state index in [1.807, 2.05) is 0 Å². The Morgan fingerprint density at radius 2 is 2.07 bits per heavy atom. The van der Waals surface area contributed by atoms with Crippen LogP contribution in [0.3, 0.4) is 0 Å². The highest BCUT2D eigenvalue weighted by molar-refractivity contribution is 5.72. The summed E-state index contributed by atoms with van der Waals surface area (Å²) in [6, 6.07) is -0.128. The van der Waals surface area contributed by atoms with E-state index in [-0.39, 0.29) is 24.1 Å². The van der Waals surface area contributed by atoms with Crippen LogP contribution in [0.1, 0.15) is 32.1 Å². The average Bonchev–Trinajstić information content (AvgIpc) is 2.70. The first kappa shape index (κ1) is 9.77. The maximum Gasteiger partial charge on any atom is 0.315 e. The molecule has 0 aromatic rings. The Hall–Kier alpha value is -0.770. The number of aliphatic hydroxyl groups is 1. The number of hydrogen-bond donors (Lipinski definition) is 2. The molecule has 3 unspecified atom stereocenters. The minimum absolute atomic E-state index is 0.199. The maximum atomic E-state index is 11.1. The summed E-state index contributed by atoms with van der Waals surface area (Å²) in [5.41, 5.74) is 5.31. The molecule has 2 aliphatic rings. The minimum atomic E-state index is -0.327. The molecule has 3 N–H and O–H groups in total. The highest BCUT2D eigenvalue weighted by Crippen LogP contribution is 2.35. The molecule has 2 amide bonds. The van der Waals surface area contributed by atoms with Crippen molar-refractivity contribution in [3.05, 3.63) is 0 Å². The van der Waals surface area contributed by atoms with Crippen LogP contribution in [0.25, 0.3) is 0 Å². The lowest BCUT2D eigenvalue weighted by Gasteiger charge is -2.29. The first-order valence-electron chi connectivity index (χ1n) is 5.44. The van der Waals surface area contributed by atoms with E-state index in [9.17, 15) is 9.90 Å². The molecule has 0 radical (unpaired) electrons. The van der Waals surface area contributed by atoms with Crippen molar-refractivity contribution in [3.63, 3.8) is 0 Å². The molecular weight excluding hydrogens is 180 g/mol. The van der Waals surface area contributed by atoms with Crippen LogP contribution in [-0.4, -0.2) is 34.7 Å². The van der Waals surface area contributed by atoms with Gasteiger partial charge in [0, 0.05) is 18.5 Å². The summed E-state index contributed by atoms with van der Waals surface area (Å²) in [5.74, 6) is 0.269. The molecule has 3 atom stereocenters. The summed E-state index contributed by atoms with van der Waals surface area (Å²) in [5, 5.41) is 9.77. The Morgan fingerprint density at radius 1 is 1.29 bits per heavy atom. The number of rotatable bonds is 1. The van der Waals surface area contributed by atoms with Crippen LogP contribution in [0, 0.1) is 5.92 Å². The summed E-state index contributed by atoms with van der Waals surface area (Å²) in [4.78, 5) is 12.9. The third-order valence-electron chi connectivity index (χ3n) is 3.61. The summed E-state index contributed by atoms with van der Waals surface area (Å²) < 4.78 is 0.